The second-order valence-corrected chi connectivity index (χ2v) is 3.56. The van der Waals surface area contributed by atoms with E-state index < -0.39 is 0 Å². The van der Waals surface area contributed by atoms with E-state index in [9.17, 15) is 0 Å². The lowest BCUT2D eigenvalue weighted by molar-refractivity contribution is 0.369. The van der Waals surface area contributed by atoms with Crippen molar-refractivity contribution in [2.75, 3.05) is 13.1 Å². The quantitative estimate of drug-likeness (QED) is 0.632. The van der Waals surface area contributed by atoms with Gasteiger partial charge in [-0.25, -0.2) is 4.99 Å². The fraction of sp³-hybridized carbons (Fsp3) is 0.500. The molecule has 0 fully saturated rings. The van der Waals surface area contributed by atoms with Crippen LogP contribution in [-0.2, 0) is 0 Å². The maximum Gasteiger partial charge on any atom is 0.194 e. The lowest BCUT2D eigenvalue weighted by Gasteiger charge is -2.34. The number of rotatable bonds is 1. The van der Waals surface area contributed by atoms with Crippen LogP contribution in [0.1, 0.15) is 13.8 Å². The molecule has 0 radical (unpaired) electrons. The van der Waals surface area contributed by atoms with Gasteiger partial charge in [0.25, 0.3) is 0 Å². The SMILES string of the molecule is CCN1CC=CC2=C1NC(N)=NC2C. The number of hydrogen-bond acceptors (Lipinski definition) is 4. The van der Waals surface area contributed by atoms with Gasteiger partial charge in [-0.3, -0.25) is 0 Å². The Morgan fingerprint density at radius 3 is 3.21 bits per heavy atom. The molecule has 2 heterocycles. The molecule has 0 amide bonds. The van der Waals surface area contributed by atoms with E-state index >= 15 is 0 Å². The van der Waals surface area contributed by atoms with Gasteiger partial charge in [0.2, 0.25) is 0 Å². The van der Waals surface area contributed by atoms with Gasteiger partial charge in [0.1, 0.15) is 5.82 Å². The van der Waals surface area contributed by atoms with Crippen LogP contribution in [0.5, 0.6) is 0 Å². The van der Waals surface area contributed by atoms with Crippen LogP contribution in [0, 0.1) is 0 Å². The molecule has 3 N–H and O–H groups in total. The highest BCUT2D eigenvalue weighted by Crippen LogP contribution is 2.21. The van der Waals surface area contributed by atoms with Gasteiger partial charge in [0, 0.05) is 18.7 Å². The van der Waals surface area contributed by atoms with E-state index in [1.165, 1.54) is 5.57 Å². The zero-order valence-corrected chi connectivity index (χ0v) is 8.62. The Balaban J connectivity index is 2.33. The average molecular weight is 192 g/mol. The first-order valence-electron chi connectivity index (χ1n) is 4.98. The molecule has 0 aromatic carbocycles. The van der Waals surface area contributed by atoms with Crippen LogP contribution >= 0.6 is 0 Å². The molecule has 0 aromatic rings. The average Bonchev–Trinajstić information content (AvgIpc) is 2.17. The summed E-state index contributed by atoms with van der Waals surface area (Å²) in [5.41, 5.74) is 6.93. The summed E-state index contributed by atoms with van der Waals surface area (Å²) in [7, 11) is 0. The van der Waals surface area contributed by atoms with E-state index in [0.29, 0.717) is 5.96 Å². The highest BCUT2D eigenvalue weighted by Gasteiger charge is 2.23. The van der Waals surface area contributed by atoms with Crippen LogP contribution in [0.25, 0.3) is 0 Å². The molecule has 2 aliphatic rings. The van der Waals surface area contributed by atoms with Gasteiger partial charge in [0.05, 0.1) is 6.04 Å². The van der Waals surface area contributed by atoms with Gasteiger partial charge in [0.15, 0.2) is 5.96 Å². The fourth-order valence-electron chi connectivity index (χ4n) is 1.87. The zero-order valence-electron chi connectivity index (χ0n) is 8.62. The first kappa shape index (κ1) is 9.12. The van der Waals surface area contributed by atoms with E-state index in [1.54, 1.807) is 0 Å². The van der Waals surface area contributed by atoms with Crippen molar-refractivity contribution in [3.8, 4) is 0 Å². The van der Waals surface area contributed by atoms with Gasteiger partial charge in [-0.1, -0.05) is 12.2 Å². The summed E-state index contributed by atoms with van der Waals surface area (Å²) in [6, 6.07) is 0.164. The molecular weight excluding hydrogens is 176 g/mol. The number of guanidine groups is 1. The Morgan fingerprint density at radius 2 is 2.50 bits per heavy atom. The standard InChI is InChI=1S/C10H16N4/c1-3-14-6-4-5-8-7(2)12-10(11)13-9(8)14/h4-5,7H,3,6H2,1-2H3,(H3,11,12,13). The molecule has 4 nitrogen and oxygen atoms in total. The molecular formula is C10H16N4. The minimum Gasteiger partial charge on any atom is -0.370 e. The van der Waals surface area contributed by atoms with Crippen LogP contribution in [0.15, 0.2) is 28.5 Å². The van der Waals surface area contributed by atoms with Gasteiger partial charge in [-0.15, -0.1) is 0 Å². The second kappa shape index (κ2) is 3.36. The Morgan fingerprint density at radius 1 is 1.71 bits per heavy atom. The number of nitrogens with two attached hydrogens (primary N) is 1. The Kier molecular flexibility index (Phi) is 2.19. The molecule has 2 rings (SSSR count). The van der Waals surface area contributed by atoms with Gasteiger partial charge in [-0.05, 0) is 13.8 Å². The summed E-state index contributed by atoms with van der Waals surface area (Å²) < 4.78 is 0. The van der Waals surface area contributed by atoms with Crippen LogP contribution in [0.4, 0.5) is 0 Å². The minimum absolute atomic E-state index is 0.164. The second-order valence-electron chi connectivity index (χ2n) is 3.56. The fourth-order valence-corrected chi connectivity index (χ4v) is 1.87. The van der Waals surface area contributed by atoms with Crippen molar-refractivity contribution < 1.29 is 0 Å². The van der Waals surface area contributed by atoms with Crippen molar-refractivity contribution in [1.29, 1.82) is 0 Å². The molecule has 0 bridgehead atoms. The van der Waals surface area contributed by atoms with Crippen molar-refractivity contribution in [2.24, 2.45) is 10.7 Å². The largest absolute Gasteiger partial charge is 0.370 e. The lowest BCUT2D eigenvalue weighted by atomic mass is 10.0. The van der Waals surface area contributed by atoms with Crippen LogP contribution in [-0.4, -0.2) is 30.0 Å². The minimum atomic E-state index is 0.164. The van der Waals surface area contributed by atoms with Gasteiger partial charge in [-0.2, -0.15) is 0 Å². The third-order valence-electron chi connectivity index (χ3n) is 2.62. The number of hydrogen-bond donors (Lipinski definition) is 2. The van der Waals surface area contributed by atoms with Crippen molar-refractivity contribution in [3.63, 3.8) is 0 Å². The maximum absolute atomic E-state index is 5.70. The molecule has 0 saturated heterocycles. The van der Waals surface area contributed by atoms with Gasteiger partial charge >= 0.3 is 0 Å². The summed E-state index contributed by atoms with van der Waals surface area (Å²) in [4.78, 5) is 6.54. The zero-order chi connectivity index (χ0) is 10.1. The normalized spacial score (nSPS) is 25.7. The molecule has 0 saturated carbocycles. The number of nitrogens with one attached hydrogen (secondary N) is 1. The first-order chi connectivity index (χ1) is 6.72. The predicted molar refractivity (Wildman–Crippen MR) is 57.6 cm³/mol. The van der Waals surface area contributed by atoms with Crippen molar-refractivity contribution in [3.05, 3.63) is 23.5 Å². The highest BCUT2D eigenvalue weighted by molar-refractivity contribution is 5.81. The van der Waals surface area contributed by atoms with Gasteiger partial charge < -0.3 is 16.0 Å². The van der Waals surface area contributed by atoms with Crippen molar-refractivity contribution in [2.45, 2.75) is 19.9 Å². The first-order valence-corrected chi connectivity index (χ1v) is 4.98. The molecule has 76 valence electrons. The summed E-state index contributed by atoms with van der Waals surface area (Å²) in [5, 5.41) is 3.13. The third kappa shape index (κ3) is 1.36. The van der Waals surface area contributed by atoms with E-state index in [-0.39, 0.29) is 6.04 Å². The molecule has 2 aliphatic heterocycles. The molecule has 1 unspecified atom stereocenters. The molecule has 4 heteroatoms. The summed E-state index contributed by atoms with van der Waals surface area (Å²) in [6.45, 7) is 6.13. The summed E-state index contributed by atoms with van der Waals surface area (Å²) >= 11 is 0. The smallest absolute Gasteiger partial charge is 0.194 e. The Labute approximate surface area is 84.2 Å². The van der Waals surface area contributed by atoms with Crippen LogP contribution in [0.2, 0.25) is 0 Å². The molecule has 1 atom stereocenters. The molecule has 0 spiro atoms. The van der Waals surface area contributed by atoms with Crippen LogP contribution in [0.3, 0.4) is 0 Å². The van der Waals surface area contributed by atoms with Crippen molar-refractivity contribution >= 4 is 5.96 Å². The van der Waals surface area contributed by atoms with E-state index in [4.69, 9.17) is 5.73 Å². The summed E-state index contributed by atoms with van der Waals surface area (Å²) in [6.07, 6.45) is 4.30. The number of likely N-dealkylation sites (N-methyl/N-ethyl adjacent to an activating group) is 1. The lowest BCUT2D eigenvalue weighted by Crippen LogP contribution is -2.45. The predicted octanol–water partition coefficient (Wildman–Crippen LogP) is 0.396. The van der Waals surface area contributed by atoms with Crippen LogP contribution < -0.4 is 11.1 Å². The number of aliphatic imine (C=N–C) groups is 1. The van der Waals surface area contributed by atoms with E-state index in [1.807, 2.05) is 0 Å². The molecule has 0 aromatic heterocycles. The van der Waals surface area contributed by atoms with E-state index in [2.05, 4.69) is 41.2 Å². The highest BCUT2D eigenvalue weighted by atomic mass is 15.3. The molecule has 0 aliphatic carbocycles. The maximum atomic E-state index is 5.70. The summed E-state index contributed by atoms with van der Waals surface area (Å²) in [5.74, 6) is 1.64. The monoisotopic (exact) mass is 192 g/mol. The third-order valence-corrected chi connectivity index (χ3v) is 2.62. The topological polar surface area (TPSA) is 53.6 Å². The van der Waals surface area contributed by atoms with E-state index in [0.717, 1.165) is 18.9 Å². The number of nitrogens with zero attached hydrogens (tertiary/aromatic N) is 2. The Hall–Kier alpha value is -1.45. The van der Waals surface area contributed by atoms with Crippen molar-refractivity contribution in [1.82, 2.24) is 10.2 Å². The molecule has 14 heavy (non-hydrogen) atoms. The Bertz CT molecular complexity index is 327.